The maximum absolute atomic E-state index is 6.88. The van der Waals surface area contributed by atoms with Crippen molar-refractivity contribution in [2.24, 2.45) is 0 Å². The molecular weight excluding hydrogens is 344 g/mol. The van der Waals surface area contributed by atoms with Crippen LogP contribution in [0.5, 0.6) is 0 Å². The minimum atomic E-state index is 0. The van der Waals surface area contributed by atoms with E-state index in [0.717, 1.165) is 6.42 Å². The second kappa shape index (κ2) is 17.4. The van der Waals surface area contributed by atoms with Gasteiger partial charge in [0.05, 0.1) is 0 Å². The Labute approximate surface area is 141 Å². The molecular formula is C10H16NO2Y2-. The maximum Gasteiger partial charge on any atom is 0 e. The number of benzene rings is 1. The van der Waals surface area contributed by atoms with Crippen LogP contribution in [0.4, 0.5) is 0 Å². The molecule has 0 atom stereocenters. The molecule has 0 unspecified atom stereocenters. The van der Waals surface area contributed by atoms with Gasteiger partial charge in [-0.2, -0.15) is 0 Å². The van der Waals surface area contributed by atoms with Crippen molar-refractivity contribution in [2.45, 2.75) is 6.42 Å². The van der Waals surface area contributed by atoms with Crippen molar-refractivity contribution >= 4 is 0 Å². The largest absolute Gasteiger partial charge is 0.674 e. The molecule has 0 saturated carbocycles. The summed E-state index contributed by atoms with van der Waals surface area (Å²) in [4.78, 5) is 0. The zero-order valence-corrected chi connectivity index (χ0v) is 14.3. The first-order valence-electron chi connectivity index (χ1n) is 3.77. The van der Waals surface area contributed by atoms with Crippen molar-refractivity contribution in [1.29, 1.82) is 0 Å². The normalized spacial score (nSPS) is 7.80. The SMILES string of the molecule is O.O.[NH-]C/C=C/Cc1ccccc1.[Y].[Y]. The van der Waals surface area contributed by atoms with E-state index in [-0.39, 0.29) is 76.4 Å². The zero-order valence-electron chi connectivity index (χ0n) is 8.61. The molecule has 0 fully saturated rings. The van der Waals surface area contributed by atoms with Crippen molar-refractivity contribution in [3.63, 3.8) is 0 Å². The fourth-order valence-electron chi connectivity index (χ4n) is 0.917. The summed E-state index contributed by atoms with van der Waals surface area (Å²) < 4.78 is 0. The predicted molar refractivity (Wildman–Crippen MR) is 55.7 cm³/mol. The Morgan fingerprint density at radius 2 is 1.47 bits per heavy atom. The van der Waals surface area contributed by atoms with E-state index in [1.165, 1.54) is 5.56 Å². The number of hydrogen-bond donors (Lipinski definition) is 0. The smallest absolute Gasteiger partial charge is 0 e. The van der Waals surface area contributed by atoms with E-state index in [9.17, 15) is 0 Å². The molecule has 2 radical (unpaired) electrons. The Hall–Kier alpha value is 1.05. The number of nitrogens with one attached hydrogen (secondary N) is 1. The van der Waals surface area contributed by atoms with Gasteiger partial charge in [0.15, 0.2) is 0 Å². The molecule has 0 amide bonds. The van der Waals surface area contributed by atoms with Gasteiger partial charge in [-0.15, -0.1) is 12.6 Å². The molecule has 1 aromatic carbocycles. The standard InChI is InChI=1S/C10H12N.2H2O.2Y/c11-9-5-4-8-10-6-2-1-3-7-10;;;;/h1-7,11H,8-9H2;2*1H2;;/q-1;;;;/b5-4+;;;;. The van der Waals surface area contributed by atoms with Gasteiger partial charge in [-0.05, 0) is 12.0 Å². The zero-order chi connectivity index (χ0) is 7.94. The van der Waals surface area contributed by atoms with Gasteiger partial charge >= 0.3 is 0 Å². The third-order valence-corrected chi connectivity index (χ3v) is 1.48. The van der Waals surface area contributed by atoms with Gasteiger partial charge in [-0.1, -0.05) is 36.4 Å². The van der Waals surface area contributed by atoms with E-state index in [2.05, 4.69) is 12.1 Å². The Balaban J connectivity index is -0.000000151. The Kier molecular flexibility index (Phi) is 29.1. The van der Waals surface area contributed by atoms with Crippen LogP contribution in [0.1, 0.15) is 5.56 Å². The first-order valence-corrected chi connectivity index (χ1v) is 3.77. The minimum Gasteiger partial charge on any atom is -0.674 e. The molecule has 80 valence electrons. The Morgan fingerprint density at radius 1 is 0.933 bits per heavy atom. The van der Waals surface area contributed by atoms with E-state index < -0.39 is 0 Å². The minimum absolute atomic E-state index is 0. The van der Waals surface area contributed by atoms with Crippen LogP contribution in [0.3, 0.4) is 0 Å². The van der Waals surface area contributed by atoms with E-state index >= 15 is 0 Å². The van der Waals surface area contributed by atoms with Gasteiger partial charge in [0.1, 0.15) is 0 Å². The van der Waals surface area contributed by atoms with Gasteiger partial charge in [0, 0.05) is 65.4 Å². The molecule has 0 aliphatic carbocycles. The quantitative estimate of drug-likeness (QED) is 0.725. The van der Waals surface area contributed by atoms with E-state index in [4.69, 9.17) is 5.73 Å². The van der Waals surface area contributed by atoms with Crippen molar-refractivity contribution < 1.29 is 76.4 Å². The van der Waals surface area contributed by atoms with Gasteiger partial charge in [-0.3, -0.25) is 0 Å². The van der Waals surface area contributed by atoms with Crippen LogP contribution in [-0.2, 0) is 71.8 Å². The van der Waals surface area contributed by atoms with Crippen LogP contribution >= 0.6 is 0 Å². The molecule has 0 heterocycles. The molecule has 0 aromatic heterocycles. The van der Waals surface area contributed by atoms with Crippen molar-refractivity contribution in [2.75, 3.05) is 6.54 Å². The van der Waals surface area contributed by atoms with Crippen molar-refractivity contribution in [3.8, 4) is 0 Å². The van der Waals surface area contributed by atoms with Gasteiger partial charge in [0.2, 0.25) is 0 Å². The van der Waals surface area contributed by atoms with Gasteiger partial charge < -0.3 is 16.7 Å². The molecule has 0 bridgehead atoms. The summed E-state index contributed by atoms with van der Waals surface area (Å²) in [5, 5.41) is 0. The average Bonchev–Trinajstić information content (AvgIpc) is 2.07. The van der Waals surface area contributed by atoms with E-state index in [1.54, 1.807) is 0 Å². The summed E-state index contributed by atoms with van der Waals surface area (Å²) in [5.41, 5.74) is 8.18. The van der Waals surface area contributed by atoms with Crippen LogP contribution in [0.15, 0.2) is 42.5 Å². The Bertz CT molecular complexity index is 230. The first kappa shape index (κ1) is 25.0. The molecule has 1 aromatic rings. The summed E-state index contributed by atoms with van der Waals surface area (Å²) in [6.07, 6.45) is 4.84. The maximum atomic E-state index is 6.88. The summed E-state index contributed by atoms with van der Waals surface area (Å²) >= 11 is 0. The van der Waals surface area contributed by atoms with E-state index in [1.807, 2.05) is 30.4 Å². The molecule has 5 heteroatoms. The van der Waals surface area contributed by atoms with Crippen molar-refractivity contribution in [1.82, 2.24) is 0 Å². The second-order valence-corrected chi connectivity index (χ2v) is 2.37. The average molecular weight is 360 g/mol. The van der Waals surface area contributed by atoms with Crippen molar-refractivity contribution in [3.05, 3.63) is 53.8 Å². The number of hydrogen-bond acceptors (Lipinski definition) is 0. The van der Waals surface area contributed by atoms with Gasteiger partial charge in [0.25, 0.3) is 0 Å². The Morgan fingerprint density at radius 3 is 1.93 bits per heavy atom. The summed E-state index contributed by atoms with van der Waals surface area (Å²) in [6, 6.07) is 10.3. The third-order valence-electron chi connectivity index (χ3n) is 1.48. The third kappa shape index (κ3) is 13.0. The summed E-state index contributed by atoms with van der Waals surface area (Å²) in [7, 11) is 0. The van der Waals surface area contributed by atoms with Crippen LogP contribution in [0.2, 0.25) is 0 Å². The molecule has 1 rings (SSSR count). The summed E-state index contributed by atoms with van der Waals surface area (Å²) in [5.74, 6) is 0. The molecule has 0 saturated heterocycles. The molecule has 15 heavy (non-hydrogen) atoms. The van der Waals surface area contributed by atoms with Crippen LogP contribution in [0, 0.1) is 0 Å². The molecule has 3 nitrogen and oxygen atoms in total. The number of allylic oxidation sites excluding steroid dienone is 1. The fraction of sp³-hybridized carbons (Fsp3) is 0.200. The monoisotopic (exact) mass is 360 g/mol. The van der Waals surface area contributed by atoms with Crippen LogP contribution in [0.25, 0.3) is 5.73 Å². The van der Waals surface area contributed by atoms with Crippen LogP contribution in [-0.4, -0.2) is 17.5 Å². The number of rotatable bonds is 3. The van der Waals surface area contributed by atoms with E-state index in [0.29, 0.717) is 6.54 Å². The fourth-order valence-corrected chi connectivity index (χ4v) is 0.917. The summed E-state index contributed by atoms with van der Waals surface area (Å²) in [6.45, 7) is 0.382. The molecule has 0 aliphatic heterocycles. The second-order valence-electron chi connectivity index (χ2n) is 2.37. The first-order chi connectivity index (χ1) is 5.43. The predicted octanol–water partition coefficient (Wildman–Crippen LogP) is 1.18. The molecule has 0 spiro atoms. The van der Waals surface area contributed by atoms with Gasteiger partial charge in [-0.25, -0.2) is 0 Å². The topological polar surface area (TPSA) is 86.8 Å². The van der Waals surface area contributed by atoms with Crippen LogP contribution < -0.4 is 0 Å². The molecule has 0 aliphatic rings. The molecule has 5 N–H and O–H groups in total.